The van der Waals surface area contributed by atoms with E-state index in [0.29, 0.717) is 18.5 Å². The number of rotatable bonds is 5. The van der Waals surface area contributed by atoms with Crippen molar-refractivity contribution in [2.75, 3.05) is 6.61 Å². The Morgan fingerprint density at radius 3 is 3.10 bits per heavy atom. The van der Waals surface area contributed by atoms with E-state index in [2.05, 4.69) is 34.6 Å². The molecule has 104 valence electrons. The summed E-state index contributed by atoms with van der Waals surface area (Å²) in [5.74, 6) is 0.707. The average Bonchev–Trinajstić information content (AvgIpc) is 2.89. The molecule has 1 heterocycles. The minimum absolute atomic E-state index is 0.468. The highest BCUT2D eigenvalue weighted by Gasteiger charge is 2.20. The molecular formula is C17H20N2O. The molecule has 0 spiro atoms. The third-order valence-electron chi connectivity index (χ3n) is 3.78. The van der Waals surface area contributed by atoms with Gasteiger partial charge in [0.2, 0.25) is 5.88 Å². The summed E-state index contributed by atoms with van der Waals surface area (Å²) in [6, 6.07) is 13.2. The first kappa shape index (κ1) is 13.1. The van der Waals surface area contributed by atoms with Gasteiger partial charge < -0.3 is 10.1 Å². The van der Waals surface area contributed by atoms with Gasteiger partial charge in [0.05, 0.1) is 6.61 Å². The zero-order valence-corrected chi connectivity index (χ0v) is 11.8. The lowest BCUT2D eigenvalue weighted by atomic mass is 10.1. The molecule has 0 aliphatic heterocycles. The summed E-state index contributed by atoms with van der Waals surface area (Å²) in [6.07, 6.45) is 4.17. The van der Waals surface area contributed by atoms with Crippen molar-refractivity contribution in [3.8, 4) is 5.88 Å². The Bertz CT molecular complexity index is 583. The number of ether oxygens (including phenoxy) is 1. The third-order valence-corrected chi connectivity index (χ3v) is 3.78. The first-order valence-electron chi connectivity index (χ1n) is 7.25. The molecule has 0 saturated carbocycles. The van der Waals surface area contributed by atoms with E-state index in [0.717, 1.165) is 6.54 Å². The lowest BCUT2D eigenvalue weighted by Gasteiger charge is -2.14. The van der Waals surface area contributed by atoms with Crippen molar-refractivity contribution >= 4 is 0 Å². The Hall–Kier alpha value is -1.87. The van der Waals surface area contributed by atoms with Crippen LogP contribution in [0.2, 0.25) is 0 Å². The molecule has 0 amide bonds. The summed E-state index contributed by atoms with van der Waals surface area (Å²) in [6.45, 7) is 3.48. The number of pyridine rings is 1. The van der Waals surface area contributed by atoms with Crippen LogP contribution >= 0.6 is 0 Å². The van der Waals surface area contributed by atoms with Crippen molar-refractivity contribution in [3.05, 3.63) is 59.3 Å². The average molecular weight is 268 g/mol. The molecule has 0 bridgehead atoms. The Balaban J connectivity index is 1.64. The monoisotopic (exact) mass is 268 g/mol. The molecular weight excluding hydrogens is 248 g/mol. The first-order valence-corrected chi connectivity index (χ1v) is 7.25. The zero-order chi connectivity index (χ0) is 13.8. The quantitative estimate of drug-likeness (QED) is 0.903. The maximum Gasteiger partial charge on any atom is 0.213 e. The van der Waals surface area contributed by atoms with Crippen molar-refractivity contribution in [2.45, 2.75) is 32.4 Å². The van der Waals surface area contributed by atoms with Crippen LogP contribution in [-0.4, -0.2) is 11.6 Å². The molecule has 0 radical (unpaired) electrons. The Morgan fingerprint density at radius 1 is 1.30 bits per heavy atom. The summed E-state index contributed by atoms with van der Waals surface area (Å²) < 4.78 is 5.44. The van der Waals surface area contributed by atoms with Crippen LogP contribution in [0.5, 0.6) is 5.88 Å². The smallest absolute Gasteiger partial charge is 0.213 e. The van der Waals surface area contributed by atoms with Crippen molar-refractivity contribution < 1.29 is 4.74 Å². The van der Waals surface area contributed by atoms with E-state index in [9.17, 15) is 0 Å². The molecule has 3 rings (SSSR count). The SMILES string of the molecule is CCOc1cc(CN[C@H]2CCc3ccccc32)ccn1. The molecule has 0 fully saturated rings. The topological polar surface area (TPSA) is 34.1 Å². The van der Waals surface area contributed by atoms with E-state index in [-0.39, 0.29) is 0 Å². The Morgan fingerprint density at radius 2 is 2.20 bits per heavy atom. The number of aromatic nitrogens is 1. The maximum atomic E-state index is 5.44. The lowest BCUT2D eigenvalue weighted by Crippen LogP contribution is -2.18. The van der Waals surface area contributed by atoms with E-state index in [1.807, 2.05) is 25.3 Å². The predicted molar refractivity (Wildman–Crippen MR) is 79.7 cm³/mol. The fourth-order valence-electron chi connectivity index (χ4n) is 2.80. The number of nitrogens with zero attached hydrogens (tertiary/aromatic N) is 1. The van der Waals surface area contributed by atoms with Gasteiger partial charge in [0, 0.05) is 24.8 Å². The number of hydrogen-bond acceptors (Lipinski definition) is 3. The highest BCUT2D eigenvalue weighted by atomic mass is 16.5. The van der Waals surface area contributed by atoms with Crippen molar-refractivity contribution in [3.63, 3.8) is 0 Å². The minimum atomic E-state index is 0.468. The molecule has 1 aliphatic carbocycles. The summed E-state index contributed by atoms with van der Waals surface area (Å²) in [5, 5.41) is 3.64. The van der Waals surface area contributed by atoms with Crippen molar-refractivity contribution in [1.29, 1.82) is 0 Å². The fraction of sp³-hybridized carbons (Fsp3) is 0.353. The van der Waals surface area contributed by atoms with Gasteiger partial charge >= 0.3 is 0 Å². The van der Waals surface area contributed by atoms with Crippen LogP contribution < -0.4 is 10.1 Å². The van der Waals surface area contributed by atoms with E-state index in [1.165, 1.54) is 29.5 Å². The number of benzene rings is 1. The molecule has 3 heteroatoms. The molecule has 0 saturated heterocycles. The number of hydrogen-bond donors (Lipinski definition) is 1. The van der Waals surface area contributed by atoms with E-state index < -0.39 is 0 Å². The molecule has 1 atom stereocenters. The molecule has 3 nitrogen and oxygen atoms in total. The third kappa shape index (κ3) is 2.83. The van der Waals surface area contributed by atoms with Crippen molar-refractivity contribution in [1.82, 2.24) is 10.3 Å². The van der Waals surface area contributed by atoms with Crippen LogP contribution in [0.3, 0.4) is 0 Å². The normalized spacial score (nSPS) is 16.9. The number of nitrogens with one attached hydrogen (secondary N) is 1. The molecule has 2 aromatic rings. The summed E-state index contributed by atoms with van der Waals surface area (Å²) in [5.41, 5.74) is 4.15. The standard InChI is InChI=1S/C17H20N2O/c1-2-20-17-11-13(9-10-18-17)12-19-16-8-7-14-5-3-4-6-15(14)16/h3-6,9-11,16,19H,2,7-8,12H2,1H3/t16-/m0/s1. The summed E-state index contributed by atoms with van der Waals surface area (Å²) in [4.78, 5) is 4.19. The lowest BCUT2D eigenvalue weighted by molar-refractivity contribution is 0.326. The van der Waals surface area contributed by atoms with Gasteiger partial charge in [-0.3, -0.25) is 0 Å². The zero-order valence-electron chi connectivity index (χ0n) is 11.8. The first-order chi connectivity index (χ1) is 9.86. The highest BCUT2D eigenvalue weighted by molar-refractivity contribution is 5.34. The van der Waals surface area contributed by atoms with Crippen LogP contribution in [0, 0.1) is 0 Å². The Labute approximate surface area is 120 Å². The van der Waals surface area contributed by atoms with Crippen LogP contribution in [0.25, 0.3) is 0 Å². The minimum Gasteiger partial charge on any atom is -0.478 e. The van der Waals surface area contributed by atoms with Gasteiger partial charge in [0.25, 0.3) is 0 Å². The van der Waals surface area contributed by atoms with Crippen molar-refractivity contribution in [2.24, 2.45) is 0 Å². The summed E-state index contributed by atoms with van der Waals surface area (Å²) >= 11 is 0. The number of aryl methyl sites for hydroxylation is 1. The summed E-state index contributed by atoms with van der Waals surface area (Å²) in [7, 11) is 0. The second-order valence-electron chi connectivity index (χ2n) is 5.11. The predicted octanol–water partition coefficient (Wildman–Crippen LogP) is 3.26. The van der Waals surface area contributed by atoms with Gasteiger partial charge in [-0.2, -0.15) is 0 Å². The van der Waals surface area contributed by atoms with E-state index >= 15 is 0 Å². The van der Waals surface area contributed by atoms with Crippen LogP contribution in [0.1, 0.15) is 36.1 Å². The van der Waals surface area contributed by atoms with Crippen LogP contribution in [-0.2, 0) is 13.0 Å². The molecule has 0 unspecified atom stereocenters. The molecule has 1 aromatic carbocycles. The second-order valence-corrected chi connectivity index (χ2v) is 5.11. The van der Waals surface area contributed by atoms with Gasteiger partial charge in [0.15, 0.2) is 0 Å². The van der Waals surface area contributed by atoms with Gasteiger partial charge in [-0.15, -0.1) is 0 Å². The van der Waals surface area contributed by atoms with Gasteiger partial charge in [-0.1, -0.05) is 24.3 Å². The number of fused-ring (bicyclic) bond motifs is 1. The highest BCUT2D eigenvalue weighted by Crippen LogP contribution is 2.30. The van der Waals surface area contributed by atoms with Crippen LogP contribution in [0.4, 0.5) is 0 Å². The Kier molecular flexibility index (Phi) is 3.97. The molecule has 1 aromatic heterocycles. The van der Waals surface area contributed by atoms with Crippen LogP contribution in [0.15, 0.2) is 42.6 Å². The fourth-order valence-corrected chi connectivity index (χ4v) is 2.80. The van der Waals surface area contributed by atoms with Gasteiger partial charge in [-0.05, 0) is 42.5 Å². The molecule has 1 aliphatic rings. The van der Waals surface area contributed by atoms with E-state index in [4.69, 9.17) is 4.74 Å². The largest absolute Gasteiger partial charge is 0.478 e. The molecule has 1 N–H and O–H groups in total. The molecule has 20 heavy (non-hydrogen) atoms. The van der Waals surface area contributed by atoms with Gasteiger partial charge in [0.1, 0.15) is 0 Å². The van der Waals surface area contributed by atoms with E-state index in [1.54, 1.807) is 0 Å². The maximum absolute atomic E-state index is 5.44. The second kappa shape index (κ2) is 6.06. The van der Waals surface area contributed by atoms with Gasteiger partial charge in [-0.25, -0.2) is 4.98 Å².